The lowest BCUT2D eigenvalue weighted by atomic mass is 10.2. The van der Waals surface area contributed by atoms with Crippen molar-refractivity contribution in [2.45, 2.75) is 26.1 Å². The highest BCUT2D eigenvalue weighted by molar-refractivity contribution is 5.89. The van der Waals surface area contributed by atoms with Crippen LogP contribution in [0.3, 0.4) is 0 Å². The molecule has 1 aliphatic rings. The number of nitrogens with one attached hydrogen (secondary N) is 1. The average molecular weight is 466 g/mol. The number of morpholine rings is 1. The van der Waals surface area contributed by atoms with Gasteiger partial charge in [-0.05, 0) is 55.3 Å². The molecule has 180 valence electrons. The molecule has 1 heterocycles. The van der Waals surface area contributed by atoms with Gasteiger partial charge in [-0.3, -0.25) is 4.90 Å². The van der Waals surface area contributed by atoms with Crippen LogP contribution in [0.15, 0.2) is 48.5 Å². The molecule has 0 aliphatic carbocycles. The number of alkyl halides is 3. The molecule has 2 aromatic carbocycles. The third kappa shape index (κ3) is 7.94. The second kappa shape index (κ2) is 11.9. The summed E-state index contributed by atoms with van der Waals surface area (Å²) < 4.78 is 49.3. The fraction of sp³-hybridized carbons (Fsp3) is 0.458. The van der Waals surface area contributed by atoms with Crippen LogP contribution in [-0.2, 0) is 17.5 Å². The number of nitrogens with zero attached hydrogens (tertiary/aromatic N) is 2. The topological polar surface area (TPSA) is 54.0 Å². The summed E-state index contributed by atoms with van der Waals surface area (Å²) in [4.78, 5) is 17.0. The highest BCUT2D eigenvalue weighted by Crippen LogP contribution is 2.29. The number of carbonyl (C=O) groups is 1. The van der Waals surface area contributed by atoms with E-state index in [1.165, 1.54) is 12.1 Å². The van der Waals surface area contributed by atoms with E-state index in [0.29, 0.717) is 38.6 Å². The van der Waals surface area contributed by atoms with Crippen molar-refractivity contribution >= 4 is 11.7 Å². The number of amides is 2. The summed E-state index contributed by atoms with van der Waals surface area (Å²) in [5, 5.41) is 2.72. The van der Waals surface area contributed by atoms with Crippen molar-refractivity contribution in [3.8, 4) is 5.75 Å². The standard InChI is InChI=1S/C24H30F3N3O3/c1-2-33-22-10-4-19(5-11-22)18-30(13-3-12-29-14-16-32-17-15-29)23(31)28-21-8-6-20(7-9-21)24(25,26)27/h4-11H,2-3,12-18H2,1H3,(H,28,31). The van der Waals surface area contributed by atoms with Gasteiger partial charge in [-0.25, -0.2) is 4.79 Å². The van der Waals surface area contributed by atoms with Crippen molar-refractivity contribution in [3.05, 3.63) is 59.7 Å². The molecule has 2 amide bonds. The number of benzene rings is 2. The van der Waals surface area contributed by atoms with Crippen molar-refractivity contribution in [2.24, 2.45) is 0 Å². The minimum Gasteiger partial charge on any atom is -0.494 e. The molecule has 9 heteroatoms. The van der Waals surface area contributed by atoms with Gasteiger partial charge in [0.1, 0.15) is 5.75 Å². The summed E-state index contributed by atoms with van der Waals surface area (Å²) in [7, 11) is 0. The Kier molecular flexibility index (Phi) is 8.96. The first-order chi connectivity index (χ1) is 15.8. The number of hydrogen-bond acceptors (Lipinski definition) is 4. The molecule has 0 spiro atoms. The largest absolute Gasteiger partial charge is 0.494 e. The van der Waals surface area contributed by atoms with E-state index in [1.807, 2.05) is 31.2 Å². The summed E-state index contributed by atoms with van der Waals surface area (Å²) in [6, 6.07) is 11.6. The van der Waals surface area contributed by atoms with Gasteiger partial charge < -0.3 is 19.7 Å². The quantitative estimate of drug-likeness (QED) is 0.575. The van der Waals surface area contributed by atoms with Gasteiger partial charge in [0.05, 0.1) is 25.4 Å². The molecule has 0 unspecified atom stereocenters. The van der Waals surface area contributed by atoms with Gasteiger partial charge >= 0.3 is 12.2 Å². The van der Waals surface area contributed by atoms with Crippen molar-refractivity contribution in [1.82, 2.24) is 9.80 Å². The Bertz CT molecular complexity index is 867. The van der Waals surface area contributed by atoms with Gasteiger partial charge in [-0.15, -0.1) is 0 Å². The Hall–Kier alpha value is -2.78. The summed E-state index contributed by atoms with van der Waals surface area (Å²) in [6.45, 7) is 7.38. The second-order valence-corrected chi connectivity index (χ2v) is 7.81. The number of urea groups is 1. The Morgan fingerprint density at radius 3 is 2.36 bits per heavy atom. The maximum absolute atomic E-state index is 13.0. The van der Waals surface area contributed by atoms with Crippen molar-refractivity contribution in [1.29, 1.82) is 0 Å². The zero-order valence-corrected chi connectivity index (χ0v) is 18.7. The van der Waals surface area contributed by atoms with Gasteiger partial charge in [-0.2, -0.15) is 13.2 Å². The predicted molar refractivity (Wildman–Crippen MR) is 120 cm³/mol. The van der Waals surface area contributed by atoms with Crippen LogP contribution in [0.2, 0.25) is 0 Å². The van der Waals surface area contributed by atoms with Crippen LogP contribution in [0.1, 0.15) is 24.5 Å². The number of ether oxygens (including phenoxy) is 2. The molecular formula is C24H30F3N3O3. The van der Waals surface area contributed by atoms with E-state index < -0.39 is 11.7 Å². The summed E-state index contributed by atoms with van der Waals surface area (Å²) in [6.07, 6.45) is -3.64. The number of halogens is 3. The van der Waals surface area contributed by atoms with E-state index in [0.717, 1.165) is 49.5 Å². The number of hydrogen-bond donors (Lipinski definition) is 1. The van der Waals surface area contributed by atoms with E-state index >= 15 is 0 Å². The highest BCUT2D eigenvalue weighted by Gasteiger charge is 2.30. The zero-order valence-electron chi connectivity index (χ0n) is 18.7. The SMILES string of the molecule is CCOc1ccc(CN(CCCN2CCOCC2)C(=O)Nc2ccc(C(F)(F)F)cc2)cc1. The van der Waals surface area contributed by atoms with Crippen molar-refractivity contribution < 1.29 is 27.4 Å². The second-order valence-electron chi connectivity index (χ2n) is 7.81. The van der Waals surface area contributed by atoms with Crippen LogP contribution in [0.5, 0.6) is 5.75 Å². The first kappa shape index (κ1) is 24.9. The van der Waals surface area contributed by atoms with Crippen molar-refractivity contribution in [2.75, 3.05) is 51.3 Å². The molecule has 0 saturated carbocycles. The smallest absolute Gasteiger partial charge is 0.416 e. The van der Waals surface area contributed by atoms with Crippen LogP contribution in [0.4, 0.5) is 23.7 Å². The Balaban J connectivity index is 1.64. The molecule has 33 heavy (non-hydrogen) atoms. The van der Waals surface area contributed by atoms with E-state index in [9.17, 15) is 18.0 Å². The summed E-state index contributed by atoms with van der Waals surface area (Å²) in [5.74, 6) is 0.759. The Morgan fingerprint density at radius 2 is 1.76 bits per heavy atom. The average Bonchev–Trinajstić information content (AvgIpc) is 2.80. The molecule has 0 atom stereocenters. The van der Waals surface area contributed by atoms with Crippen LogP contribution in [0, 0.1) is 0 Å². The molecule has 1 N–H and O–H groups in total. The lowest BCUT2D eigenvalue weighted by molar-refractivity contribution is -0.137. The van der Waals surface area contributed by atoms with Crippen molar-refractivity contribution in [3.63, 3.8) is 0 Å². The van der Waals surface area contributed by atoms with Crippen LogP contribution in [-0.4, -0.2) is 61.8 Å². The highest BCUT2D eigenvalue weighted by atomic mass is 19.4. The third-order valence-electron chi connectivity index (χ3n) is 5.36. The van der Waals surface area contributed by atoms with E-state index in [4.69, 9.17) is 9.47 Å². The first-order valence-corrected chi connectivity index (χ1v) is 11.1. The minimum absolute atomic E-state index is 0.317. The van der Waals surface area contributed by atoms with E-state index in [2.05, 4.69) is 10.2 Å². The molecule has 1 saturated heterocycles. The number of carbonyl (C=O) groups excluding carboxylic acids is 1. The lowest BCUT2D eigenvalue weighted by Crippen LogP contribution is -2.40. The van der Waals surface area contributed by atoms with Gasteiger partial charge in [0.25, 0.3) is 0 Å². The van der Waals surface area contributed by atoms with Crippen LogP contribution < -0.4 is 10.1 Å². The maximum atomic E-state index is 13.0. The van der Waals surface area contributed by atoms with Gasteiger partial charge in [0.2, 0.25) is 0 Å². The number of anilines is 1. The normalized spacial score (nSPS) is 14.7. The monoisotopic (exact) mass is 465 g/mol. The van der Waals surface area contributed by atoms with Crippen LogP contribution >= 0.6 is 0 Å². The van der Waals surface area contributed by atoms with Gasteiger partial charge in [0.15, 0.2) is 0 Å². The van der Waals surface area contributed by atoms with E-state index in [1.54, 1.807) is 4.90 Å². The zero-order chi connectivity index (χ0) is 23.7. The maximum Gasteiger partial charge on any atom is 0.416 e. The lowest BCUT2D eigenvalue weighted by Gasteiger charge is -2.28. The third-order valence-corrected chi connectivity index (χ3v) is 5.36. The molecule has 3 rings (SSSR count). The van der Waals surface area contributed by atoms with Crippen LogP contribution in [0.25, 0.3) is 0 Å². The predicted octanol–water partition coefficient (Wildman–Crippen LogP) is 4.86. The molecule has 0 radical (unpaired) electrons. The first-order valence-electron chi connectivity index (χ1n) is 11.1. The molecular weight excluding hydrogens is 435 g/mol. The fourth-order valence-corrected chi connectivity index (χ4v) is 3.59. The van der Waals surface area contributed by atoms with Gasteiger partial charge in [-0.1, -0.05) is 12.1 Å². The Morgan fingerprint density at radius 1 is 1.09 bits per heavy atom. The Labute approximate surface area is 192 Å². The molecule has 1 fully saturated rings. The minimum atomic E-state index is -4.41. The molecule has 0 bridgehead atoms. The molecule has 0 aromatic heterocycles. The fourth-order valence-electron chi connectivity index (χ4n) is 3.59. The van der Waals surface area contributed by atoms with E-state index in [-0.39, 0.29) is 6.03 Å². The molecule has 6 nitrogen and oxygen atoms in total. The molecule has 1 aliphatic heterocycles. The number of rotatable bonds is 9. The summed E-state index contributed by atoms with van der Waals surface area (Å²) in [5.41, 5.74) is 0.502. The molecule has 2 aromatic rings. The van der Waals surface area contributed by atoms with Gasteiger partial charge in [0, 0.05) is 38.4 Å². The summed E-state index contributed by atoms with van der Waals surface area (Å²) >= 11 is 0.